The van der Waals surface area contributed by atoms with Gasteiger partial charge >= 0.3 is 6.09 Å². The Morgan fingerprint density at radius 3 is 2.50 bits per heavy atom. The zero-order valence-electron chi connectivity index (χ0n) is 15.4. The lowest BCUT2D eigenvalue weighted by Gasteiger charge is -2.13. The first-order valence-corrected chi connectivity index (χ1v) is 9.04. The number of ether oxygens (including phenoxy) is 4. The van der Waals surface area contributed by atoms with Crippen molar-refractivity contribution in [1.29, 1.82) is 0 Å². The third-order valence-electron chi connectivity index (χ3n) is 3.42. The summed E-state index contributed by atoms with van der Waals surface area (Å²) in [5.41, 5.74) is 2.81. The summed E-state index contributed by atoms with van der Waals surface area (Å²) in [6.45, 7) is 0.868. The highest BCUT2D eigenvalue weighted by molar-refractivity contribution is 6.32. The Morgan fingerprint density at radius 1 is 1.11 bits per heavy atom. The van der Waals surface area contributed by atoms with E-state index in [1.54, 1.807) is 36.4 Å². The molecule has 1 amide bonds. The molecule has 9 heteroatoms. The normalized spacial score (nSPS) is 10.6. The first-order valence-electron chi connectivity index (χ1n) is 8.29. The molecule has 2 aromatic carbocycles. The number of carbonyl (C=O) groups excluding carboxylic acids is 1. The van der Waals surface area contributed by atoms with Crippen molar-refractivity contribution in [3.05, 3.63) is 52.0 Å². The van der Waals surface area contributed by atoms with E-state index < -0.39 is 6.09 Å². The molecule has 0 radical (unpaired) electrons. The number of benzene rings is 2. The number of halogens is 2. The number of amides is 1. The summed E-state index contributed by atoms with van der Waals surface area (Å²) in [4.78, 5) is 11.0. The summed E-state index contributed by atoms with van der Waals surface area (Å²) in [6, 6.07) is 10.5. The van der Waals surface area contributed by atoms with Crippen LogP contribution in [0.1, 0.15) is 12.0 Å². The molecule has 28 heavy (non-hydrogen) atoms. The minimum atomic E-state index is -0.671. The van der Waals surface area contributed by atoms with Gasteiger partial charge in [0.05, 0.1) is 38.7 Å². The molecular formula is C19H20Cl2N2O5. The summed E-state index contributed by atoms with van der Waals surface area (Å²) in [5.74, 6) is 1.61. The molecule has 7 nitrogen and oxygen atoms in total. The summed E-state index contributed by atoms with van der Waals surface area (Å²) in [6.07, 6.45) is 1.39. The molecule has 0 unspecified atom stereocenters. The van der Waals surface area contributed by atoms with Gasteiger partial charge in [0.1, 0.15) is 5.75 Å². The standard InChI is InChI=1S/C19H20Cl2N2O5/c1-25-17-11-13(12-22-23-19(24)26-2)10-16(21)18(17)28-9-3-8-27-15-6-4-14(20)5-7-15/h4-7,10-12H,3,8-9H2,1-2H3,(H,23,24). The molecule has 2 aromatic rings. The van der Waals surface area contributed by atoms with Gasteiger partial charge in [-0.05, 0) is 42.0 Å². The molecule has 0 aliphatic heterocycles. The van der Waals surface area contributed by atoms with E-state index in [0.29, 0.717) is 46.7 Å². The van der Waals surface area contributed by atoms with Gasteiger partial charge in [-0.3, -0.25) is 0 Å². The fourth-order valence-corrected chi connectivity index (χ4v) is 2.51. The number of hydrazone groups is 1. The molecule has 2 rings (SSSR count). The predicted octanol–water partition coefficient (Wildman–Crippen LogP) is 4.54. The predicted molar refractivity (Wildman–Crippen MR) is 108 cm³/mol. The van der Waals surface area contributed by atoms with Crippen LogP contribution in [0.4, 0.5) is 4.79 Å². The summed E-state index contributed by atoms with van der Waals surface area (Å²) >= 11 is 12.1. The van der Waals surface area contributed by atoms with Gasteiger partial charge in [0.15, 0.2) is 11.5 Å². The lowest BCUT2D eigenvalue weighted by Crippen LogP contribution is -2.16. The van der Waals surface area contributed by atoms with E-state index in [2.05, 4.69) is 15.3 Å². The van der Waals surface area contributed by atoms with Crippen molar-refractivity contribution in [2.75, 3.05) is 27.4 Å². The molecule has 0 saturated carbocycles. The zero-order valence-corrected chi connectivity index (χ0v) is 16.9. The molecule has 0 bridgehead atoms. The maximum atomic E-state index is 11.0. The summed E-state index contributed by atoms with van der Waals surface area (Å²) in [5, 5.41) is 4.77. The second-order valence-corrected chi connectivity index (χ2v) is 6.24. The summed E-state index contributed by atoms with van der Waals surface area (Å²) in [7, 11) is 2.76. The van der Waals surface area contributed by atoms with Gasteiger partial charge in [-0.2, -0.15) is 5.10 Å². The van der Waals surface area contributed by atoms with E-state index in [4.69, 9.17) is 37.4 Å². The molecule has 1 N–H and O–H groups in total. The SMILES string of the molecule is COC(=O)NN=Cc1cc(Cl)c(OCCCOc2ccc(Cl)cc2)c(OC)c1. The van der Waals surface area contributed by atoms with Crippen LogP contribution in [0.25, 0.3) is 0 Å². The highest BCUT2D eigenvalue weighted by atomic mass is 35.5. The number of nitrogens with zero attached hydrogens (tertiary/aromatic N) is 1. The van der Waals surface area contributed by atoms with Gasteiger partial charge in [0, 0.05) is 11.4 Å². The van der Waals surface area contributed by atoms with E-state index >= 15 is 0 Å². The third-order valence-corrected chi connectivity index (χ3v) is 3.96. The molecule has 0 aromatic heterocycles. The Labute approximate surface area is 173 Å². The number of nitrogens with one attached hydrogen (secondary N) is 1. The van der Waals surface area contributed by atoms with E-state index in [1.807, 2.05) is 0 Å². The van der Waals surface area contributed by atoms with Crippen LogP contribution in [-0.2, 0) is 4.74 Å². The number of hydrogen-bond acceptors (Lipinski definition) is 6. The number of rotatable bonds is 9. The first kappa shape index (κ1) is 21.7. The van der Waals surface area contributed by atoms with Gasteiger partial charge in [0.25, 0.3) is 0 Å². The fourth-order valence-electron chi connectivity index (χ4n) is 2.11. The van der Waals surface area contributed by atoms with Crippen molar-refractivity contribution in [2.45, 2.75) is 6.42 Å². The van der Waals surface area contributed by atoms with Crippen molar-refractivity contribution in [1.82, 2.24) is 5.43 Å². The minimum Gasteiger partial charge on any atom is -0.493 e. The van der Waals surface area contributed by atoms with Crippen LogP contribution in [0.2, 0.25) is 10.0 Å². The van der Waals surface area contributed by atoms with Crippen LogP contribution in [0.3, 0.4) is 0 Å². The molecule has 150 valence electrons. The summed E-state index contributed by atoms with van der Waals surface area (Å²) < 4.78 is 21.1. The van der Waals surface area contributed by atoms with Crippen molar-refractivity contribution in [2.24, 2.45) is 5.10 Å². The molecule has 0 aliphatic rings. The fraction of sp³-hybridized carbons (Fsp3) is 0.263. The van der Waals surface area contributed by atoms with Crippen LogP contribution >= 0.6 is 23.2 Å². The molecule has 0 heterocycles. The van der Waals surface area contributed by atoms with Crippen LogP contribution in [0.5, 0.6) is 17.2 Å². The zero-order chi connectivity index (χ0) is 20.4. The van der Waals surface area contributed by atoms with Crippen molar-refractivity contribution < 1.29 is 23.7 Å². The first-order chi connectivity index (χ1) is 13.5. The van der Waals surface area contributed by atoms with Crippen LogP contribution in [0, 0.1) is 0 Å². The Kier molecular flexibility index (Phi) is 8.71. The van der Waals surface area contributed by atoms with E-state index in [1.165, 1.54) is 20.4 Å². The van der Waals surface area contributed by atoms with Crippen LogP contribution in [0.15, 0.2) is 41.5 Å². The number of hydrogen-bond donors (Lipinski definition) is 1. The third kappa shape index (κ3) is 6.83. The Bertz CT molecular complexity index is 813. The topological polar surface area (TPSA) is 78.4 Å². The molecule has 0 atom stereocenters. The van der Waals surface area contributed by atoms with Crippen molar-refractivity contribution in [3.8, 4) is 17.2 Å². The smallest absolute Gasteiger partial charge is 0.427 e. The monoisotopic (exact) mass is 426 g/mol. The van der Waals surface area contributed by atoms with Crippen LogP contribution < -0.4 is 19.6 Å². The maximum Gasteiger partial charge on any atom is 0.427 e. The van der Waals surface area contributed by atoms with Crippen molar-refractivity contribution >= 4 is 35.5 Å². The number of methoxy groups -OCH3 is 2. The Hall–Kier alpha value is -2.64. The maximum absolute atomic E-state index is 11.0. The highest BCUT2D eigenvalue weighted by Crippen LogP contribution is 2.36. The lowest BCUT2D eigenvalue weighted by atomic mass is 10.2. The van der Waals surface area contributed by atoms with Gasteiger partial charge in [-0.25, -0.2) is 10.2 Å². The van der Waals surface area contributed by atoms with Gasteiger partial charge in [-0.1, -0.05) is 23.2 Å². The Balaban J connectivity index is 1.88. The molecule has 0 saturated heterocycles. The lowest BCUT2D eigenvalue weighted by molar-refractivity contribution is 0.171. The van der Waals surface area contributed by atoms with Gasteiger partial charge in [0.2, 0.25) is 0 Å². The average molecular weight is 427 g/mol. The largest absolute Gasteiger partial charge is 0.493 e. The molecular weight excluding hydrogens is 407 g/mol. The number of carbonyl (C=O) groups is 1. The van der Waals surface area contributed by atoms with Gasteiger partial charge in [-0.15, -0.1) is 0 Å². The highest BCUT2D eigenvalue weighted by Gasteiger charge is 2.11. The average Bonchev–Trinajstić information content (AvgIpc) is 2.69. The van der Waals surface area contributed by atoms with E-state index in [9.17, 15) is 4.79 Å². The quantitative estimate of drug-likeness (QED) is 0.361. The second kappa shape index (κ2) is 11.3. The van der Waals surface area contributed by atoms with E-state index in [0.717, 1.165) is 5.75 Å². The Morgan fingerprint density at radius 2 is 1.82 bits per heavy atom. The molecule has 0 fully saturated rings. The van der Waals surface area contributed by atoms with Gasteiger partial charge < -0.3 is 18.9 Å². The van der Waals surface area contributed by atoms with Crippen molar-refractivity contribution in [3.63, 3.8) is 0 Å². The van der Waals surface area contributed by atoms with Crippen LogP contribution in [-0.4, -0.2) is 39.7 Å². The molecule has 0 aliphatic carbocycles. The minimum absolute atomic E-state index is 0.359. The molecule has 0 spiro atoms. The van der Waals surface area contributed by atoms with E-state index in [-0.39, 0.29) is 0 Å². The second-order valence-electron chi connectivity index (χ2n) is 5.40.